The van der Waals surface area contributed by atoms with Gasteiger partial charge in [0.25, 0.3) is 0 Å². The summed E-state index contributed by atoms with van der Waals surface area (Å²) in [5, 5.41) is 21.7. The SMILES string of the molecule is CCCCS[C@@H]1CC2=CC(=O)CC[C@]2(C)[C@H]2CC[C@@]3(C)[C@@H](CC[C@@]3(O)CCCO)[C@H]12. The molecule has 0 amide bonds. The highest BCUT2D eigenvalue weighted by atomic mass is 32.2. The van der Waals surface area contributed by atoms with Gasteiger partial charge in [-0.2, -0.15) is 11.8 Å². The summed E-state index contributed by atoms with van der Waals surface area (Å²) in [6, 6.07) is 0. The number of unbranched alkanes of at least 4 members (excludes halogenated alkanes) is 1. The fourth-order valence-corrected chi connectivity index (χ4v) is 9.60. The third kappa shape index (κ3) is 3.53. The third-order valence-electron chi connectivity index (χ3n) is 9.86. The summed E-state index contributed by atoms with van der Waals surface area (Å²) in [5.74, 6) is 3.39. The quantitative estimate of drug-likeness (QED) is 0.517. The number of aliphatic hydroxyl groups is 2. The standard InChI is InChI=1S/C26H42O3S/c1-4-5-15-30-22-17-18-16-19(28)7-11-24(18,2)20-8-12-25(3)21(23(20)22)9-13-26(25,29)10-6-14-27/h16,20-23,27,29H,4-15,17H2,1-3H3/t20-,21-,22+,23+,24-,25-,26-/m0/s1. The number of carbonyl (C=O) groups is 1. The molecular formula is C26H42O3S. The zero-order valence-electron chi connectivity index (χ0n) is 19.3. The molecule has 4 aliphatic carbocycles. The topological polar surface area (TPSA) is 57.5 Å². The smallest absolute Gasteiger partial charge is 0.155 e. The molecule has 3 fully saturated rings. The van der Waals surface area contributed by atoms with Crippen LogP contribution in [0.25, 0.3) is 0 Å². The van der Waals surface area contributed by atoms with E-state index >= 15 is 0 Å². The van der Waals surface area contributed by atoms with E-state index in [1.54, 1.807) is 0 Å². The van der Waals surface area contributed by atoms with E-state index in [4.69, 9.17) is 0 Å². The fraction of sp³-hybridized carbons (Fsp3) is 0.885. The monoisotopic (exact) mass is 434 g/mol. The van der Waals surface area contributed by atoms with Crippen LogP contribution in [-0.2, 0) is 4.79 Å². The number of rotatable bonds is 7. The van der Waals surface area contributed by atoms with Gasteiger partial charge >= 0.3 is 0 Å². The van der Waals surface area contributed by atoms with Crippen molar-refractivity contribution in [2.75, 3.05) is 12.4 Å². The molecule has 0 heterocycles. The van der Waals surface area contributed by atoms with E-state index in [9.17, 15) is 15.0 Å². The molecule has 4 rings (SSSR count). The first-order chi connectivity index (χ1) is 14.3. The van der Waals surface area contributed by atoms with E-state index in [1.165, 1.54) is 30.6 Å². The van der Waals surface area contributed by atoms with Crippen LogP contribution in [0.5, 0.6) is 0 Å². The van der Waals surface area contributed by atoms with Gasteiger partial charge < -0.3 is 10.2 Å². The largest absolute Gasteiger partial charge is 0.396 e. The Labute approximate surface area is 187 Å². The molecule has 3 saturated carbocycles. The summed E-state index contributed by atoms with van der Waals surface area (Å²) in [6.45, 7) is 7.25. The van der Waals surface area contributed by atoms with Gasteiger partial charge in [-0.05, 0) is 98.2 Å². The number of hydrogen-bond acceptors (Lipinski definition) is 4. The van der Waals surface area contributed by atoms with Gasteiger partial charge in [0.2, 0.25) is 0 Å². The Hall–Kier alpha value is -0.320. The predicted molar refractivity (Wildman–Crippen MR) is 125 cm³/mol. The molecule has 0 aromatic heterocycles. The minimum Gasteiger partial charge on any atom is -0.396 e. The lowest BCUT2D eigenvalue weighted by atomic mass is 9.46. The lowest BCUT2D eigenvalue weighted by molar-refractivity contribution is -0.132. The summed E-state index contributed by atoms with van der Waals surface area (Å²) >= 11 is 2.16. The maximum Gasteiger partial charge on any atom is 0.155 e. The maximum atomic E-state index is 12.3. The number of aliphatic hydroxyl groups excluding tert-OH is 1. The molecule has 30 heavy (non-hydrogen) atoms. The highest BCUT2D eigenvalue weighted by Crippen LogP contribution is 2.69. The van der Waals surface area contributed by atoms with Crippen LogP contribution in [0.1, 0.15) is 91.4 Å². The van der Waals surface area contributed by atoms with Crippen LogP contribution in [0.3, 0.4) is 0 Å². The Morgan fingerprint density at radius 3 is 2.63 bits per heavy atom. The Morgan fingerprint density at radius 1 is 1.13 bits per heavy atom. The minimum atomic E-state index is -0.621. The number of fused-ring (bicyclic) bond motifs is 5. The van der Waals surface area contributed by atoms with Gasteiger partial charge in [0, 0.05) is 18.3 Å². The summed E-state index contributed by atoms with van der Waals surface area (Å²) in [7, 11) is 0. The summed E-state index contributed by atoms with van der Waals surface area (Å²) < 4.78 is 0. The molecule has 0 radical (unpaired) electrons. The van der Waals surface area contributed by atoms with Crippen LogP contribution in [-0.4, -0.2) is 39.2 Å². The fourth-order valence-electron chi connectivity index (χ4n) is 7.94. The van der Waals surface area contributed by atoms with Crippen LogP contribution in [0.15, 0.2) is 11.6 Å². The molecule has 0 aromatic carbocycles. The van der Waals surface area contributed by atoms with Crippen LogP contribution < -0.4 is 0 Å². The summed E-state index contributed by atoms with van der Waals surface area (Å²) in [4.78, 5) is 12.3. The van der Waals surface area contributed by atoms with Gasteiger partial charge in [0.1, 0.15) is 0 Å². The molecule has 0 aliphatic heterocycles. The van der Waals surface area contributed by atoms with Crippen LogP contribution in [0, 0.1) is 28.6 Å². The molecule has 2 N–H and O–H groups in total. The van der Waals surface area contributed by atoms with E-state index in [2.05, 4.69) is 32.5 Å². The van der Waals surface area contributed by atoms with Gasteiger partial charge in [0.15, 0.2) is 5.78 Å². The Bertz CT molecular complexity index is 690. The molecule has 0 bridgehead atoms. The lowest BCUT2D eigenvalue weighted by Gasteiger charge is -2.61. The molecule has 3 nitrogen and oxygen atoms in total. The van der Waals surface area contributed by atoms with Crippen molar-refractivity contribution in [1.29, 1.82) is 0 Å². The van der Waals surface area contributed by atoms with Crippen LogP contribution in [0.4, 0.5) is 0 Å². The number of thioether (sulfide) groups is 1. The predicted octanol–water partition coefficient (Wildman–Crippen LogP) is 5.53. The van der Waals surface area contributed by atoms with Crippen molar-refractivity contribution in [3.8, 4) is 0 Å². The van der Waals surface area contributed by atoms with Crippen molar-refractivity contribution in [3.63, 3.8) is 0 Å². The number of carbonyl (C=O) groups excluding carboxylic acids is 1. The van der Waals surface area contributed by atoms with E-state index < -0.39 is 5.60 Å². The molecule has 0 spiro atoms. The Kier molecular flexibility index (Phi) is 6.52. The maximum absolute atomic E-state index is 12.3. The lowest BCUT2D eigenvalue weighted by Crippen LogP contribution is -2.57. The first-order valence-corrected chi connectivity index (χ1v) is 13.5. The highest BCUT2D eigenvalue weighted by molar-refractivity contribution is 7.99. The molecule has 0 aromatic rings. The van der Waals surface area contributed by atoms with Crippen molar-refractivity contribution in [2.24, 2.45) is 28.6 Å². The average molecular weight is 435 g/mol. The molecule has 4 heteroatoms. The van der Waals surface area contributed by atoms with Gasteiger partial charge in [-0.1, -0.05) is 32.8 Å². The molecular weight excluding hydrogens is 392 g/mol. The van der Waals surface area contributed by atoms with Gasteiger partial charge in [-0.3, -0.25) is 4.79 Å². The first-order valence-electron chi connectivity index (χ1n) is 12.5. The van der Waals surface area contributed by atoms with E-state index in [1.807, 2.05) is 6.08 Å². The second-order valence-electron chi connectivity index (χ2n) is 11.2. The highest BCUT2D eigenvalue weighted by Gasteiger charge is 2.65. The van der Waals surface area contributed by atoms with Crippen LogP contribution in [0.2, 0.25) is 0 Å². The molecule has 0 saturated heterocycles. The van der Waals surface area contributed by atoms with Crippen molar-refractivity contribution in [2.45, 2.75) is 102 Å². The first kappa shape index (κ1) is 22.9. The minimum absolute atomic E-state index is 0.0328. The van der Waals surface area contributed by atoms with Gasteiger partial charge in [-0.25, -0.2) is 0 Å². The van der Waals surface area contributed by atoms with E-state index in [0.717, 1.165) is 38.5 Å². The van der Waals surface area contributed by atoms with E-state index in [0.29, 0.717) is 41.6 Å². The molecule has 170 valence electrons. The van der Waals surface area contributed by atoms with Crippen molar-refractivity contribution < 1.29 is 15.0 Å². The van der Waals surface area contributed by atoms with Crippen molar-refractivity contribution in [3.05, 3.63) is 11.6 Å². The second-order valence-corrected chi connectivity index (χ2v) is 12.5. The van der Waals surface area contributed by atoms with Crippen molar-refractivity contribution in [1.82, 2.24) is 0 Å². The number of hydrogen-bond donors (Lipinski definition) is 2. The molecule has 0 unspecified atom stereocenters. The zero-order valence-corrected chi connectivity index (χ0v) is 20.1. The Morgan fingerprint density at radius 2 is 1.90 bits per heavy atom. The molecule has 4 aliphatic rings. The number of allylic oxidation sites excluding steroid dienone is 1. The average Bonchev–Trinajstić information content (AvgIpc) is 2.99. The number of ketones is 1. The van der Waals surface area contributed by atoms with E-state index in [-0.39, 0.29) is 17.4 Å². The third-order valence-corrected chi connectivity index (χ3v) is 11.3. The van der Waals surface area contributed by atoms with Crippen molar-refractivity contribution >= 4 is 17.5 Å². The normalized spacial score (nSPS) is 45.5. The summed E-state index contributed by atoms with van der Waals surface area (Å²) in [5.41, 5.74) is 0.956. The zero-order chi connectivity index (χ0) is 21.6. The summed E-state index contributed by atoms with van der Waals surface area (Å²) in [6.07, 6.45) is 13.0. The van der Waals surface area contributed by atoms with Crippen LogP contribution >= 0.6 is 11.8 Å². The van der Waals surface area contributed by atoms with Gasteiger partial charge in [0.05, 0.1) is 5.60 Å². The Balaban J connectivity index is 1.67. The second kappa shape index (κ2) is 8.56. The van der Waals surface area contributed by atoms with Gasteiger partial charge in [-0.15, -0.1) is 0 Å². The molecule has 7 atom stereocenters.